The molecule has 1 aliphatic heterocycles. The average Bonchev–Trinajstić information content (AvgIpc) is 3.72. The van der Waals surface area contributed by atoms with E-state index in [2.05, 4.69) is 26.9 Å². The molecule has 1 aliphatic rings. The molecule has 62 heavy (non-hydrogen) atoms. The Labute approximate surface area is 369 Å². The second kappa shape index (κ2) is 24.7. The summed E-state index contributed by atoms with van der Waals surface area (Å²) in [5.74, 6) is -1.36. The zero-order valence-corrected chi connectivity index (χ0v) is 38.2. The molecule has 3 rings (SSSR count). The van der Waals surface area contributed by atoms with E-state index < -0.39 is 65.9 Å². The summed E-state index contributed by atoms with van der Waals surface area (Å²) in [5.41, 5.74) is 0.0316. The van der Waals surface area contributed by atoms with Crippen molar-refractivity contribution in [2.45, 2.75) is 137 Å². The number of amides is 4. The van der Waals surface area contributed by atoms with Crippen LogP contribution >= 0.6 is 11.3 Å². The molecule has 1 saturated heterocycles. The Morgan fingerprint density at radius 2 is 1.79 bits per heavy atom. The van der Waals surface area contributed by atoms with E-state index in [4.69, 9.17) is 21.1 Å². The fourth-order valence-electron chi connectivity index (χ4n) is 7.28. The highest BCUT2D eigenvalue weighted by atomic mass is 32.1. The van der Waals surface area contributed by atoms with Gasteiger partial charge >= 0.3 is 11.9 Å². The molecule has 0 aliphatic carbocycles. The van der Waals surface area contributed by atoms with Crippen LogP contribution in [0.4, 0.5) is 5.69 Å². The SMILES string of the molecule is C#CCCCON(C(=O)[C@@H](NC(=O)[C@H]1CCCCN1C)[C@@H](C)CC)[C@H](C[C@@H](OC(C)=O)c1nc(C(=O)N[C@@H](Cc2ccc(NC(=O)CO)cc2)CC(C)(C)C(=O)O)cs1)C(C)C. The lowest BCUT2D eigenvalue weighted by atomic mass is 9.84. The fraction of sp³-hybridized carbons (Fsp3) is 0.622. The number of hydrogen-bond acceptors (Lipinski definition) is 12. The molecule has 2 heterocycles. The van der Waals surface area contributed by atoms with E-state index >= 15 is 0 Å². The lowest BCUT2D eigenvalue weighted by Crippen LogP contribution is -2.58. The molecular weight excluding hydrogens is 817 g/mol. The van der Waals surface area contributed by atoms with Gasteiger partial charge in [0.25, 0.3) is 11.8 Å². The first-order chi connectivity index (χ1) is 29.3. The Bertz CT molecular complexity index is 1860. The van der Waals surface area contributed by atoms with Crippen LogP contribution in [0.2, 0.25) is 0 Å². The molecule has 16 nitrogen and oxygen atoms in total. The molecule has 0 radical (unpaired) electrons. The molecule has 1 fully saturated rings. The highest BCUT2D eigenvalue weighted by Gasteiger charge is 2.40. The molecule has 0 bridgehead atoms. The molecule has 0 unspecified atom stereocenters. The summed E-state index contributed by atoms with van der Waals surface area (Å²) in [7, 11) is 1.91. The van der Waals surface area contributed by atoms with Crippen molar-refractivity contribution in [3.8, 4) is 12.3 Å². The van der Waals surface area contributed by atoms with Crippen LogP contribution in [0.3, 0.4) is 0 Å². The van der Waals surface area contributed by atoms with Gasteiger partial charge in [0.2, 0.25) is 11.8 Å². The monoisotopic (exact) mass is 882 g/mol. The summed E-state index contributed by atoms with van der Waals surface area (Å²) in [6.45, 7) is 12.3. The maximum atomic E-state index is 14.7. The van der Waals surface area contributed by atoms with Gasteiger partial charge in [-0.2, -0.15) is 0 Å². The van der Waals surface area contributed by atoms with Gasteiger partial charge in [-0.25, -0.2) is 10.0 Å². The molecule has 2 aromatic rings. The molecule has 4 amide bonds. The van der Waals surface area contributed by atoms with Crippen LogP contribution in [0.15, 0.2) is 29.6 Å². The Morgan fingerprint density at radius 1 is 1.10 bits per heavy atom. The van der Waals surface area contributed by atoms with Gasteiger partial charge in [-0.1, -0.05) is 52.7 Å². The largest absolute Gasteiger partial charge is 0.481 e. The number of terminal acetylenes is 1. The van der Waals surface area contributed by atoms with E-state index in [0.717, 1.165) is 36.3 Å². The molecular formula is C45H66N6O10S. The van der Waals surface area contributed by atoms with E-state index in [1.54, 1.807) is 38.1 Å². The number of unbranched alkanes of at least 4 members (excludes halogenated alkanes) is 1. The first-order valence-electron chi connectivity index (χ1n) is 21.4. The van der Waals surface area contributed by atoms with Crippen molar-refractivity contribution in [1.29, 1.82) is 0 Å². The second-order valence-corrected chi connectivity index (χ2v) is 17.9. The van der Waals surface area contributed by atoms with Crippen molar-refractivity contribution in [2.75, 3.05) is 32.1 Å². The van der Waals surface area contributed by atoms with Crippen molar-refractivity contribution >= 4 is 52.6 Å². The van der Waals surface area contributed by atoms with Crippen molar-refractivity contribution < 1.29 is 48.6 Å². The van der Waals surface area contributed by atoms with Crippen molar-refractivity contribution in [1.82, 2.24) is 25.6 Å². The van der Waals surface area contributed by atoms with E-state index in [-0.39, 0.29) is 55.3 Å². The third-order valence-electron chi connectivity index (χ3n) is 11.2. The minimum atomic E-state index is -1.21. The van der Waals surface area contributed by atoms with Gasteiger partial charge in [0.15, 0.2) is 6.10 Å². The van der Waals surface area contributed by atoms with Crippen LogP contribution in [-0.2, 0) is 40.0 Å². The van der Waals surface area contributed by atoms with Crippen molar-refractivity contribution in [3.05, 3.63) is 45.9 Å². The van der Waals surface area contributed by atoms with E-state index in [0.29, 0.717) is 36.4 Å². The number of carboxylic acid groups (broad SMARTS) is 1. The number of piperidine rings is 1. The quantitative estimate of drug-likeness (QED) is 0.0402. The minimum Gasteiger partial charge on any atom is -0.481 e. The van der Waals surface area contributed by atoms with Gasteiger partial charge < -0.3 is 30.9 Å². The topological polar surface area (TPSA) is 217 Å². The number of likely N-dealkylation sites (N-methyl/N-ethyl adjacent to an activating group) is 1. The van der Waals surface area contributed by atoms with Crippen LogP contribution in [-0.4, -0.2) is 112 Å². The molecule has 0 spiro atoms. The standard InChI is InChI=1S/C45H66N6O10S/c1-10-12-15-22-60-51(43(57)39(29(5)11-2)49-41(56)35-16-13-14-21-50(35)9)36(28(3)4)24-37(61-30(6)53)42-48-34(27-62-42)40(55)47-33(25-45(7,8)44(58)59)23-31-17-19-32(20-18-31)46-38(54)26-52/h1,17-20,27-29,33,35-37,39,52H,11-16,21-26H2,2-9H3,(H,46,54)(H,47,55)(H,49,56)(H,58,59)/t29-,33-,35+,36+,37+,39-/m0/s1. The van der Waals surface area contributed by atoms with Crippen molar-refractivity contribution in [2.24, 2.45) is 17.3 Å². The summed E-state index contributed by atoms with van der Waals surface area (Å²) >= 11 is 1.10. The summed E-state index contributed by atoms with van der Waals surface area (Å²) in [6.07, 6.45) is 8.96. The van der Waals surface area contributed by atoms with Gasteiger partial charge in [0.1, 0.15) is 23.4 Å². The number of carboxylic acids is 1. The van der Waals surface area contributed by atoms with E-state index in [9.17, 15) is 33.9 Å². The predicted octanol–water partition coefficient (Wildman–Crippen LogP) is 5.12. The number of ether oxygens (including phenoxy) is 1. The number of carbonyl (C=O) groups excluding carboxylic acids is 5. The number of aliphatic carboxylic acids is 1. The first-order valence-corrected chi connectivity index (χ1v) is 22.3. The van der Waals surface area contributed by atoms with Gasteiger partial charge in [0, 0.05) is 36.9 Å². The van der Waals surface area contributed by atoms with Crippen LogP contribution in [0.5, 0.6) is 0 Å². The number of aliphatic hydroxyl groups excluding tert-OH is 1. The molecule has 1 aromatic carbocycles. The van der Waals surface area contributed by atoms with Crippen LogP contribution in [0.25, 0.3) is 0 Å². The highest BCUT2D eigenvalue weighted by molar-refractivity contribution is 7.09. The number of likely N-dealkylation sites (tertiary alicyclic amines) is 1. The number of aliphatic hydroxyl groups is 1. The summed E-state index contributed by atoms with van der Waals surface area (Å²) < 4.78 is 5.84. The Kier molecular flexibility index (Phi) is 20.5. The maximum absolute atomic E-state index is 14.7. The summed E-state index contributed by atoms with van der Waals surface area (Å²) in [6, 6.07) is 4.13. The lowest BCUT2D eigenvalue weighted by Gasteiger charge is -2.39. The Balaban J connectivity index is 1.94. The van der Waals surface area contributed by atoms with Gasteiger partial charge in [-0.3, -0.25) is 38.5 Å². The first kappa shape index (κ1) is 51.5. The third-order valence-corrected chi connectivity index (χ3v) is 12.1. The lowest BCUT2D eigenvalue weighted by molar-refractivity contribution is -0.213. The number of rotatable bonds is 24. The number of nitrogens with one attached hydrogen (secondary N) is 3. The zero-order chi connectivity index (χ0) is 46.1. The number of benzene rings is 1. The number of hydrogen-bond donors (Lipinski definition) is 5. The maximum Gasteiger partial charge on any atom is 0.309 e. The van der Waals surface area contributed by atoms with Crippen LogP contribution < -0.4 is 16.0 Å². The molecule has 5 N–H and O–H groups in total. The van der Waals surface area contributed by atoms with Crippen LogP contribution in [0.1, 0.15) is 127 Å². The van der Waals surface area contributed by atoms with Crippen molar-refractivity contribution in [3.63, 3.8) is 0 Å². The number of hydroxylamine groups is 2. The van der Waals surface area contributed by atoms with Gasteiger partial charge in [0.05, 0.1) is 24.1 Å². The Morgan fingerprint density at radius 3 is 2.37 bits per heavy atom. The smallest absolute Gasteiger partial charge is 0.309 e. The number of esters is 1. The van der Waals surface area contributed by atoms with Crippen LogP contribution in [0, 0.1) is 29.6 Å². The molecule has 342 valence electrons. The number of aromatic nitrogens is 1. The number of anilines is 1. The molecule has 1 aromatic heterocycles. The molecule has 17 heteroatoms. The van der Waals surface area contributed by atoms with E-state index in [1.165, 1.54) is 17.4 Å². The van der Waals surface area contributed by atoms with Gasteiger partial charge in [-0.05, 0) is 89.1 Å². The normalized spacial score (nSPS) is 16.8. The number of carbonyl (C=O) groups is 6. The predicted molar refractivity (Wildman–Crippen MR) is 236 cm³/mol. The minimum absolute atomic E-state index is 0.0224. The molecule has 6 atom stereocenters. The third kappa shape index (κ3) is 15.5. The number of thiazole rings is 1. The summed E-state index contributed by atoms with van der Waals surface area (Å²) in [5, 5.41) is 30.7. The zero-order valence-electron chi connectivity index (χ0n) is 37.4. The van der Waals surface area contributed by atoms with E-state index in [1.807, 2.05) is 39.6 Å². The molecule has 0 saturated carbocycles. The average molecular weight is 883 g/mol. The highest BCUT2D eigenvalue weighted by Crippen LogP contribution is 2.32. The summed E-state index contributed by atoms with van der Waals surface area (Å²) in [4.78, 5) is 91.5. The Hall–Kier alpha value is -4.89. The second-order valence-electron chi connectivity index (χ2n) is 17.1. The number of nitrogens with zero attached hydrogens (tertiary/aromatic N) is 3. The fourth-order valence-corrected chi connectivity index (χ4v) is 8.12. The van der Waals surface area contributed by atoms with Gasteiger partial charge in [-0.15, -0.1) is 23.7 Å².